The Morgan fingerprint density at radius 2 is 2.13 bits per heavy atom. The molecule has 0 aromatic rings. The molecule has 1 N–H and O–H groups in total. The third kappa shape index (κ3) is 2.32. The van der Waals surface area contributed by atoms with Crippen molar-refractivity contribution in [3.05, 3.63) is 0 Å². The molecule has 0 aliphatic carbocycles. The lowest BCUT2D eigenvalue weighted by Crippen LogP contribution is -2.67. The van der Waals surface area contributed by atoms with Crippen molar-refractivity contribution in [2.24, 2.45) is 0 Å². The number of carbonyl (C=O) groups is 1. The highest BCUT2D eigenvalue weighted by Crippen LogP contribution is 2.24. The highest BCUT2D eigenvalue weighted by atomic mass is 16.2. The molecular formula is C11H23N3O. The van der Waals surface area contributed by atoms with Crippen molar-refractivity contribution in [3.63, 3.8) is 0 Å². The summed E-state index contributed by atoms with van der Waals surface area (Å²) in [5.41, 5.74) is 0.0684. The second kappa shape index (κ2) is 4.49. The van der Waals surface area contributed by atoms with Crippen LogP contribution in [-0.2, 0) is 4.79 Å². The third-order valence-corrected chi connectivity index (χ3v) is 3.18. The summed E-state index contributed by atoms with van der Waals surface area (Å²) in [4.78, 5) is 16.1. The molecule has 15 heavy (non-hydrogen) atoms. The Kier molecular flexibility index (Phi) is 3.73. The molecule has 0 aromatic heterocycles. The number of hydrogen-bond donors (Lipinski definition) is 1. The summed E-state index contributed by atoms with van der Waals surface area (Å²) in [7, 11) is 3.78. The van der Waals surface area contributed by atoms with Crippen molar-refractivity contribution < 1.29 is 4.79 Å². The van der Waals surface area contributed by atoms with Gasteiger partial charge in [-0.1, -0.05) is 6.92 Å². The van der Waals surface area contributed by atoms with E-state index in [0.29, 0.717) is 0 Å². The lowest BCUT2D eigenvalue weighted by Gasteiger charge is -2.49. The van der Waals surface area contributed by atoms with Gasteiger partial charge in [-0.05, 0) is 27.4 Å². The molecule has 0 aromatic carbocycles. The molecule has 1 amide bonds. The molecule has 1 unspecified atom stereocenters. The lowest BCUT2D eigenvalue weighted by atomic mass is 9.94. The summed E-state index contributed by atoms with van der Waals surface area (Å²) < 4.78 is 0. The highest BCUT2D eigenvalue weighted by molar-refractivity contribution is 5.83. The van der Waals surface area contributed by atoms with E-state index in [0.717, 1.165) is 19.6 Å². The maximum Gasteiger partial charge on any atom is 0.241 e. The Labute approximate surface area is 92.6 Å². The van der Waals surface area contributed by atoms with Gasteiger partial charge in [-0.25, -0.2) is 0 Å². The number of hydrogen-bond acceptors (Lipinski definition) is 3. The van der Waals surface area contributed by atoms with E-state index in [2.05, 4.69) is 31.0 Å². The Morgan fingerprint density at radius 3 is 2.60 bits per heavy atom. The van der Waals surface area contributed by atoms with Crippen molar-refractivity contribution in [1.29, 1.82) is 0 Å². The minimum absolute atomic E-state index is 0.0197. The first-order chi connectivity index (χ1) is 6.94. The Morgan fingerprint density at radius 1 is 1.53 bits per heavy atom. The molecule has 4 nitrogen and oxygen atoms in total. The molecule has 88 valence electrons. The van der Waals surface area contributed by atoms with E-state index < -0.39 is 0 Å². The lowest BCUT2D eigenvalue weighted by molar-refractivity contribution is -0.147. The number of amides is 1. The second-order valence-electron chi connectivity index (χ2n) is 4.87. The zero-order chi connectivity index (χ0) is 11.6. The second-order valence-corrected chi connectivity index (χ2v) is 4.87. The molecule has 1 rings (SSSR count). The summed E-state index contributed by atoms with van der Waals surface area (Å²) in [6, 6.07) is -0.0197. The van der Waals surface area contributed by atoms with Crippen LogP contribution in [0.2, 0.25) is 0 Å². The van der Waals surface area contributed by atoms with Crippen LogP contribution in [0.5, 0.6) is 0 Å². The molecule has 0 saturated carbocycles. The fourth-order valence-corrected chi connectivity index (χ4v) is 2.60. The fraction of sp³-hybridized carbons (Fsp3) is 0.909. The molecule has 1 fully saturated rings. The first-order valence-corrected chi connectivity index (χ1v) is 5.60. The minimum Gasteiger partial charge on any atom is -0.343 e. The molecule has 0 radical (unpaired) electrons. The normalized spacial score (nSPS) is 27.1. The van der Waals surface area contributed by atoms with Crippen molar-refractivity contribution >= 4 is 5.91 Å². The van der Waals surface area contributed by atoms with E-state index in [4.69, 9.17) is 0 Å². The summed E-state index contributed by atoms with van der Waals surface area (Å²) >= 11 is 0. The smallest absolute Gasteiger partial charge is 0.241 e. The van der Waals surface area contributed by atoms with E-state index in [1.54, 1.807) is 0 Å². The van der Waals surface area contributed by atoms with Gasteiger partial charge in [-0.15, -0.1) is 0 Å². The largest absolute Gasteiger partial charge is 0.343 e. The van der Waals surface area contributed by atoms with Crippen molar-refractivity contribution in [2.45, 2.75) is 32.4 Å². The van der Waals surface area contributed by atoms with Crippen molar-refractivity contribution in [2.75, 3.05) is 33.7 Å². The van der Waals surface area contributed by atoms with Gasteiger partial charge in [0.15, 0.2) is 0 Å². The van der Waals surface area contributed by atoms with Crippen LogP contribution in [0, 0.1) is 0 Å². The van der Waals surface area contributed by atoms with Gasteiger partial charge in [0.25, 0.3) is 0 Å². The molecule has 1 saturated heterocycles. The van der Waals surface area contributed by atoms with Crippen LogP contribution >= 0.6 is 0 Å². The average molecular weight is 213 g/mol. The van der Waals surface area contributed by atoms with Gasteiger partial charge in [-0.2, -0.15) is 0 Å². The highest BCUT2D eigenvalue weighted by Gasteiger charge is 2.42. The van der Waals surface area contributed by atoms with Crippen LogP contribution in [0.1, 0.15) is 20.8 Å². The first-order valence-electron chi connectivity index (χ1n) is 5.60. The topological polar surface area (TPSA) is 35.6 Å². The standard InChI is InChI=1S/C11H23N3O/c1-6-14-9(7-12-4)10(15)13(5)8-11(14,2)3/h9,12H,6-8H2,1-5H3. The average Bonchev–Trinajstić information content (AvgIpc) is 2.13. The molecule has 4 heteroatoms. The van der Waals surface area contributed by atoms with Gasteiger partial charge in [0, 0.05) is 25.7 Å². The maximum atomic E-state index is 12.0. The minimum atomic E-state index is -0.0197. The van der Waals surface area contributed by atoms with Gasteiger partial charge >= 0.3 is 0 Å². The van der Waals surface area contributed by atoms with Crippen LogP contribution in [0.25, 0.3) is 0 Å². The zero-order valence-corrected chi connectivity index (χ0v) is 10.5. The number of nitrogens with one attached hydrogen (secondary N) is 1. The van der Waals surface area contributed by atoms with Gasteiger partial charge in [-0.3, -0.25) is 9.69 Å². The molecule has 1 aliphatic rings. The quantitative estimate of drug-likeness (QED) is 0.725. The Hall–Kier alpha value is -0.610. The monoisotopic (exact) mass is 213 g/mol. The molecule has 1 heterocycles. The van der Waals surface area contributed by atoms with Gasteiger partial charge < -0.3 is 10.2 Å². The predicted octanol–water partition coefficient (Wildman–Crippen LogP) is 0.147. The van der Waals surface area contributed by atoms with E-state index in [1.807, 2.05) is 19.0 Å². The predicted molar refractivity (Wildman–Crippen MR) is 61.8 cm³/mol. The molecule has 1 atom stereocenters. The summed E-state index contributed by atoms with van der Waals surface area (Å²) in [5.74, 6) is 0.227. The number of carbonyl (C=O) groups excluding carboxylic acids is 1. The molecule has 0 spiro atoms. The zero-order valence-electron chi connectivity index (χ0n) is 10.5. The number of rotatable bonds is 3. The number of piperazine rings is 1. The molecule has 1 aliphatic heterocycles. The summed E-state index contributed by atoms with van der Waals surface area (Å²) in [5, 5.41) is 3.10. The maximum absolute atomic E-state index is 12.0. The first kappa shape index (κ1) is 12.5. The number of likely N-dealkylation sites (N-methyl/N-ethyl adjacent to an activating group) is 3. The summed E-state index contributed by atoms with van der Waals surface area (Å²) in [6.07, 6.45) is 0. The van der Waals surface area contributed by atoms with Crippen LogP contribution < -0.4 is 5.32 Å². The van der Waals surface area contributed by atoms with Crippen LogP contribution in [-0.4, -0.2) is 61.0 Å². The molecule has 0 bridgehead atoms. The summed E-state index contributed by atoms with van der Waals surface area (Å²) in [6.45, 7) is 8.95. The fourth-order valence-electron chi connectivity index (χ4n) is 2.60. The van der Waals surface area contributed by atoms with Gasteiger partial charge in [0.1, 0.15) is 6.04 Å². The molecular weight excluding hydrogens is 190 g/mol. The van der Waals surface area contributed by atoms with Crippen molar-refractivity contribution in [1.82, 2.24) is 15.1 Å². The van der Waals surface area contributed by atoms with E-state index in [9.17, 15) is 4.79 Å². The van der Waals surface area contributed by atoms with E-state index in [-0.39, 0.29) is 17.5 Å². The van der Waals surface area contributed by atoms with Crippen LogP contribution in [0.3, 0.4) is 0 Å². The van der Waals surface area contributed by atoms with E-state index >= 15 is 0 Å². The number of nitrogens with zero attached hydrogens (tertiary/aromatic N) is 2. The van der Waals surface area contributed by atoms with Crippen LogP contribution in [0.15, 0.2) is 0 Å². The SMILES string of the molecule is CCN1C(CNC)C(=O)N(C)CC1(C)C. The third-order valence-electron chi connectivity index (χ3n) is 3.18. The Balaban J connectivity index is 2.90. The van der Waals surface area contributed by atoms with Crippen molar-refractivity contribution in [3.8, 4) is 0 Å². The van der Waals surface area contributed by atoms with E-state index in [1.165, 1.54) is 0 Å². The Bertz CT molecular complexity index is 240. The van der Waals surface area contributed by atoms with Gasteiger partial charge in [0.05, 0.1) is 0 Å². The van der Waals surface area contributed by atoms with Gasteiger partial charge in [0.2, 0.25) is 5.91 Å². The van der Waals surface area contributed by atoms with Crippen LogP contribution in [0.4, 0.5) is 0 Å².